The van der Waals surface area contributed by atoms with Crippen LogP contribution in [0.5, 0.6) is 5.75 Å². The quantitative estimate of drug-likeness (QED) is 0.705. The molecule has 1 aliphatic heterocycles. The first-order valence-corrected chi connectivity index (χ1v) is 11.1. The second kappa shape index (κ2) is 11.7. The Morgan fingerprint density at radius 2 is 1.97 bits per heavy atom. The van der Waals surface area contributed by atoms with E-state index in [0.29, 0.717) is 24.4 Å². The number of benzene rings is 1. The SMILES string of the molecule is CCC(=O)Nc1ccc2c(c1)C(=O)N(C)C[C@H](OC)[C@H](C)CN(CCC(F)(F)F)[C@@H](C)CO2. The number of hydrogen-bond acceptors (Lipinski definition) is 5. The van der Waals surface area contributed by atoms with Gasteiger partial charge in [0.15, 0.2) is 0 Å². The van der Waals surface area contributed by atoms with Crippen molar-refractivity contribution in [2.24, 2.45) is 5.92 Å². The van der Waals surface area contributed by atoms with Gasteiger partial charge in [-0.2, -0.15) is 13.2 Å². The van der Waals surface area contributed by atoms with Gasteiger partial charge in [0, 0.05) is 51.9 Å². The number of fused-ring (bicyclic) bond motifs is 1. The van der Waals surface area contributed by atoms with Crippen molar-refractivity contribution in [2.75, 3.05) is 45.7 Å². The Bertz CT molecular complexity index is 819. The molecule has 1 heterocycles. The molecule has 1 N–H and O–H groups in total. The van der Waals surface area contributed by atoms with Gasteiger partial charge in [-0.1, -0.05) is 13.8 Å². The van der Waals surface area contributed by atoms with E-state index in [1.165, 1.54) is 12.0 Å². The van der Waals surface area contributed by atoms with E-state index in [4.69, 9.17) is 9.47 Å². The van der Waals surface area contributed by atoms with Crippen LogP contribution in [0.3, 0.4) is 0 Å². The predicted octanol–water partition coefficient (Wildman–Crippen LogP) is 3.79. The minimum absolute atomic E-state index is 0.104. The maximum atomic E-state index is 13.2. The third kappa shape index (κ3) is 7.89. The van der Waals surface area contributed by atoms with Gasteiger partial charge in [-0.05, 0) is 31.0 Å². The smallest absolute Gasteiger partial charge is 0.390 e. The van der Waals surface area contributed by atoms with Crippen LogP contribution in [0, 0.1) is 5.92 Å². The molecule has 0 aromatic heterocycles. The number of amides is 2. The summed E-state index contributed by atoms with van der Waals surface area (Å²) in [5.41, 5.74) is 0.734. The van der Waals surface area contributed by atoms with Crippen LogP contribution in [-0.2, 0) is 9.53 Å². The Morgan fingerprint density at radius 3 is 2.58 bits per heavy atom. The molecule has 0 fully saturated rings. The van der Waals surface area contributed by atoms with E-state index >= 15 is 0 Å². The van der Waals surface area contributed by atoms with Crippen LogP contribution in [0.15, 0.2) is 18.2 Å². The number of alkyl halides is 3. The molecule has 0 aliphatic carbocycles. The van der Waals surface area contributed by atoms with Crippen LogP contribution in [-0.4, -0.2) is 80.3 Å². The van der Waals surface area contributed by atoms with Crippen molar-refractivity contribution < 1.29 is 32.2 Å². The van der Waals surface area contributed by atoms with Gasteiger partial charge < -0.3 is 19.7 Å². The van der Waals surface area contributed by atoms with Crippen molar-refractivity contribution in [2.45, 2.75) is 51.9 Å². The molecule has 0 saturated carbocycles. The second-order valence-electron chi connectivity index (χ2n) is 8.57. The lowest BCUT2D eigenvalue weighted by atomic mass is 10.0. The second-order valence-corrected chi connectivity index (χ2v) is 8.57. The van der Waals surface area contributed by atoms with Crippen molar-refractivity contribution >= 4 is 17.5 Å². The van der Waals surface area contributed by atoms with E-state index in [1.54, 1.807) is 44.0 Å². The number of ether oxygens (including phenoxy) is 2. The van der Waals surface area contributed by atoms with E-state index in [9.17, 15) is 22.8 Å². The van der Waals surface area contributed by atoms with E-state index in [2.05, 4.69) is 5.32 Å². The van der Waals surface area contributed by atoms with Gasteiger partial charge >= 0.3 is 6.18 Å². The fraction of sp³-hybridized carbons (Fsp3) is 0.652. The summed E-state index contributed by atoms with van der Waals surface area (Å²) < 4.78 is 50.3. The Morgan fingerprint density at radius 1 is 1.27 bits per heavy atom. The molecule has 3 atom stereocenters. The molecule has 10 heteroatoms. The molecule has 0 spiro atoms. The highest BCUT2D eigenvalue weighted by Gasteiger charge is 2.32. The van der Waals surface area contributed by atoms with Gasteiger partial charge in [0.25, 0.3) is 5.91 Å². The summed E-state index contributed by atoms with van der Waals surface area (Å²) in [6.07, 6.45) is -5.25. The minimum Gasteiger partial charge on any atom is -0.491 e. The Hall–Kier alpha value is -2.33. The lowest BCUT2D eigenvalue weighted by molar-refractivity contribution is -0.140. The lowest BCUT2D eigenvalue weighted by Crippen LogP contribution is -2.47. The highest BCUT2D eigenvalue weighted by Crippen LogP contribution is 2.27. The van der Waals surface area contributed by atoms with Gasteiger partial charge in [-0.25, -0.2) is 0 Å². The predicted molar refractivity (Wildman–Crippen MR) is 119 cm³/mol. The lowest BCUT2D eigenvalue weighted by Gasteiger charge is -2.36. The summed E-state index contributed by atoms with van der Waals surface area (Å²) in [4.78, 5) is 28.3. The number of nitrogens with one attached hydrogen (secondary N) is 1. The fourth-order valence-electron chi connectivity index (χ4n) is 3.76. The molecule has 1 aliphatic rings. The molecule has 0 unspecified atom stereocenters. The van der Waals surface area contributed by atoms with Gasteiger partial charge in [-0.3, -0.25) is 14.5 Å². The van der Waals surface area contributed by atoms with Gasteiger partial charge in [0.05, 0.1) is 18.1 Å². The van der Waals surface area contributed by atoms with Crippen LogP contribution in [0.2, 0.25) is 0 Å². The van der Waals surface area contributed by atoms with Crippen molar-refractivity contribution in [3.8, 4) is 5.75 Å². The number of halogens is 3. The summed E-state index contributed by atoms with van der Waals surface area (Å²) in [6.45, 7) is 6.01. The standard InChI is InChI=1S/C23H34F3N3O4/c1-6-21(30)27-17-7-8-19-18(11-17)22(31)28(4)13-20(32-5)15(2)12-29(16(3)14-33-19)10-9-23(24,25)26/h7-8,11,15-16,20H,6,9-10,12-14H2,1-5H3,(H,27,30)/t15-,16+,20+/m1/s1. The average molecular weight is 474 g/mol. The van der Waals surface area contributed by atoms with Crippen LogP contribution < -0.4 is 10.1 Å². The average Bonchev–Trinajstić information content (AvgIpc) is 2.76. The van der Waals surface area contributed by atoms with Crippen molar-refractivity contribution in [3.63, 3.8) is 0 Å². The number of rotatable bonds is 5. The molecule has 0 radical (unpaired) electrons. The fourth-order valence-corrected chi connectivity index (χ4v) is 3.76. The van der Waals surface area contributed by atoms with Gasteiger partial charge in [0.2, 0.25) is 5.91 Å². The van der Waals surface area contributed by atoms with E-state index in [-0.39, 0.29) is 55.1 Å². The van der Waals surface area contributed by atoms with Gasteiger partial charge in [0.1, 0.15) is 12.4 Å². The number of anilines is 1. The molecular weight excluding hydrogens is 439 g/mol. The molecule has 7 nitrogen and oxygen atoms in total. The molecule has 0 bridgehead atoms. The zero-order valence-electron chi connectivity index (χ0n) is 19.9. The van der Waals surface area contributed by atoms with E-state index < -0.39 is 12.6 Å². The molecular formula is C23H34F3N3O4. The number of carbonyl (C=O) groups is 2. The number of likely N-dealkylation sites (N-methyl/N-ethyl adjacent to an activating group) is 1. The maximum absolute atomic E-state index is 13.2. The van der Waals surface area contributed by atoms with Crippen molar-refractivity contribution in [3.05, 3.63) is 23.8 Å². The molecule has 2 amide bonds. The van der Waals surface area contributed by atoms with Gasteiger partial charge in [-0.15, -0.1) is 0 Å². The third-order valence-corrected chi connectivity index (χ3v) is 5.86. The maximum Gasteiger partial charge on any atom is 0.390 e. The first kappa shape index (κ1) is 26.9. The van der Waals surface area contributed by atoms with Crippen LogP contribution >= 0.6 is 0 Å². The molecule has 2 rings (SSSR count). The van der Waals surface area contributed by atoms with Crippen molar-refractivity contribution in [1.82, 2.24) is 9.80 Å². The highest BCUT2D eigenvalue weighted by atomic mass is 19.4. The first-order chi connectivity index (χ1) is 15.4. The van der Waals surface area contributed by atoms with E-state index in [0.717, 1.165) is 0 Å². The van der Waals surface area contributed by atoms with Crippen LogP contribution in [0.25, 0.3) is 0 Å². The Balaban J connectivity index is 2.39. The number of hydrogen-bond donors (Lipinski definition) is 1. The summed E-state index contributed by atoms with van der Waals surface area (Å²) in [7, 11) is 3.17. The molecule has 1 aromatic rings. The van der Waals surface area contributed by atoms with Crippen LogP contribution in [0.1, 0.15) is 44.0 Å². The monoisotopic (exact) mass is 473 g/mol. The molecule has 1 aromatic carbocycles. The summed E-state index contributed by atoms with van der Waals surface area (Å²) in [6, 6.07) is 4.47. The summed E-state index contributed by atoms with van der Waals surface area (Å²) in [5, 5.41) is 2.73. The highest BCUT2D eigenvalue weighted by molar-refractivity contribution is 5.99. The zero-order valence-corrected chi connectivity index (χ0v) is 19.9. The summed E-state index contributed by atoms with van der Waals surface area (Å²) >= 11 is 0. The largest absolute Gasteiger partial charge is 0.491 e. The third-order valence-electron chi connectivity index (χ3n) is 5.86. The zero-order chi connectivity index (χ0) is 24.8. The van der Waals surface area contributed by atoms with Crippen molar-refractivity contribution in [1.29, 1.82) is 0 Å². The topological polar surface area (TPSA) is 71.1 Å². The number of nitrogens with zero attached hydrogens (tertiary/aromatic N) is 2. The molecule has 186 valence electrons. The number of carbonyl (C=O) groups excluding carboxylic acids is 2. The molecule has 0 saturated heterocycles. The first-order valence-electron chi connectivity index (χ1n) is 11.1. The molecule has 33 heavy (non-hydrogen) atoms. The van der Waals surface area contributed by atoms with E-state index in [1.807, 2.05) is 6.92 Å². The Kier molecular flexibility index (Phi) is 9.54. The van der Waals surface area contributed by atoms with Crippen LogP contribution in [0.4, 0.5) is 18.9 Å². The normalized spacial score (nSPS) is 23.2. The Labute approximate surface area is 193 Å². The minimum atomic E-state index is -4.26. The summed E-state index contributed by atoms with van der Waals surface area (Å²) in [5.74, 6) is -0.303. The number of methoxy groups -OCH3 is 1.